The maximum atomic E-state index is 11.9. The van der Waals surface area contributed by atoms with Crippen molar-refractivity contribution >= 4 is 5.91 Å². The van der Waals surface area contributed by atoms with Crippen LogP contribution >= 0.6 is 0 Å². The molecule has 0 atom stereocenters. The van der Waals surface area contributed by atoms with Crippen LogP contribution in [0.25, 0.3) is 0 Å². The summed E-state index contributed by atoms with van der Waals surface area (Å²) >= 11 is 0. The predicted molar refractivity (Wildman–Crippen MR) is 66.3 cm³/mol. The Bertz CT molecular complexity index is 472. The number of amides is 1. The van der Waals surface area contributed by atoms with Gasteiger partial charge in [-0.3, -0.25) is 4.79 Å². The summed E-state index contributed by atoms with van der Waals surface area (Å²) in [5.74, 6) is 0.403. The van der Waals surface area contributed by atoms with Crippen LogP contribution in [0, 0.1) is 11.3 Å². The first-order chi connectivity index (χ1) is 8.81. The lowest BCUT2D eigenvalue weighted by molar-refractivity contribution is -0.117. The highest BCUT2D eigenvalue weighted by atomic mass is 16.3. The number of hydrogen-bond acceptors (Lipinski definition) is 3. The van der Waals surface area contributed by atoms with Crippen molar-refractivity contribution in [2.45, 2.75) is 38.6 Å². The van der Waals surface area contributed by atoms with Gasteiger partial charge < -0.3 is 9.73 Å². The first-order valence-electron chi connectivity index (χ1n) is 6.24. The fraction of sp³-hybridized carbons (Fsp3) is 0.429. The topological polar surface area (TPSA) is 66.0 Å². The molecule has 1 aliphatic rings. The van der Waals surface area contributed by atoms with Crippen LogP contribution in [0.3, 0.4) is 0 Å². The Labute approximate surface area is 106 Å². The van der Waals surface area contributed by atoms with Gasteiger partial charge in [-0.25, -0.2) is 0 Å². The van der Waals surface area contributed by atoms with E-state index >= 15 is 0 Å². The Hall–Kier alpha value is -2.02. The van der Waals surface area contributed by atoms with E-state index in [1.54, 1.807) is 18.4 Å². The van der Waals surface area contributed by atoms with Crippen molar-refractivity contribution in [2.75, 3.05) is 0 Å². The summed E-state index contributed by atoms with van der Waals surface area (Å²) < 4.78 is 5.13. The third-order valence-electron chi connectivity index (χ3n) is 3.15. The number of nitriles is 1. The highest BCUT2D eigenvalue weighted by molar-refractivity contribution is 5.98. The third-order valence-corrected chi connectivity index (χ3v) is 3.15. The SMILES string of the molecule is N#CC(C(=O)NCc1ccco1)=C1CCCCC1. The lowest BCUT2D eigenvalue weighted by Gasteiger charge is -2.15. The van der Waals surface area contributed by atoms with Crippen LogP contribution in [0.4, 0.5) is 0 Å². The quantitative estimate of drug-likeness (QED) is 0.656. The van der Waals surface area contributed by atoms with Crippen LogP contribution in [0.15, 0.2) is 34.0 Å². The largest absolute Gasteiger partial charge is 0.467 e. The van der Waals surface area contributed by atoms with E-state index in [2.05, 4.69) is 5.32 Å². The molecule has 1 aliphatic carbocycles. The minimum absolute atomic E-state index is 0.286. The molecule has 0 aliphatic heterocycles. The molecule has 0 spiro atoms. The Morgan fingerprint density at radius 2 is 2.17 bits per heavy atom. The van der Waals surface area contributed by atoms with Crippen LogP contribution in [0.2, 0.25) is 0 Å². The zero-order chi connectivity index (χ0) is 12.8. The van der Waals surface area contributed by atoms with Gasteiger partial charge in [0.05, 0.1) is 12.8 Å². The van der Waals surface area contributed by atoms with E-state index in [0.29, 0.717) is 17.9 Å². The summed E-state index contributed by atoms with van der Waals surface area (Å²) in [6.07, 6.45) is 6.65. The molecule has 1 aromatic heterocycles. The van der Waals surface area contributed by atoms with E-state index in [-0.39, 0.29) is 5.91 Å². The van der Waals surface area contributed by atoms with Gasteiger partial charge in [-0.05, 0) is 43.4 Å². The minimum atomic E-state index is -0.286. The molecule has 1 heterocycles. The zero-order valence-corrected chi connectivity index (χ0v) is 10.2. The maximum Gasteiger partial charge on any atom is 0.262 e. The number of carbonyl (C=O) groups excluding carboxylic acids is 1. The van der Waals surface area contributed by atoms with Crippen LogP contribution in [0.5, 0.6) is 0 Å². The number of nitrogens with one attached hydrogen (secondary N) is 1. The van der Waals surface area contributed by atoms with E-state index < -0.39 is 0 Å². The molecule has 18 heavy (non-hydrogen) atoms. The Morgan fingerprint density at radius 1 is 1.39 bits per heavy atom. The van der Waals surface area contributed by atoms with Crippen molar-refractivity contribution in [3.8, 4) is 6.07 Å². The first kappa shape index (κ1) is 12.4. The van der Waals surface area contributed by atoms with E-state index in [1.807, 2.05) is 6.07 Å². The number of carbonyl (C=O) groups is 1. The number of allylic oxidation sites excluding steroid dienone is 1. The molecule has 4 nitrogen and oxygen atoms in total. The van der Waals surface area contributed by atoms with Crippen LogP contribution in [-0.2, 0) is 11.3 Å². The van der Waals surface area contributed by atoms with E-state index in [4.69, 9.17) is 9.68 Å². The van der Waals surface area contributed by atoms with E-state index in [1.165, 1.54) is 6.42 Å². The van der Waals surface area contributed by atoms with Gasteiger partial charge in [0.1, 0.15) is 17.4 Å². The lowest BCUT2D eigenvalue weighted by atomic mass is 9.91. The lowest BCUT2D eigenvalue weighted by Crippen LogP contribution is -2.25. The highest BCUT2D eigenvalue weighted by Gasteiger charge is 2.17. The van der Waals surface area contributed by atoms with Crippen molar-refractivity contribution in [3.63, 3.8) is 0 Å². The van der Waals surface area contributed by atoms with Gasteiger partial charge in [0.2, 0.25) is 0 Å². The molecule has 2 rings (SSSR count). The second-order valence-electron chi connectivity index (χ2n) is 4.41. The summed E-state index contributed by atoms with van der Waals surface area (Å²) in [5, 5.41) is 11.8. The Balaban J connectivity index is 1.99. The first-order valence-corrected chi connectivity index (χ1v) is 6.24. The minimum Gasteiger partial charge on any atom is -0.467 e. The average molecular weight is 244 g/mol. The second kappa shape index (κ2) is 6.06. The fourth-order valence-corrected chi connectivity index (χ4v) is 2.19. The predicted octanol–water partition coefficient (Wildman–Crippen LogP) is 2.68. The van der Waals surface area contributed by atoms with Gasteiger partial charge in [0.15, 0.2) is 0 Å². The van der Waals surface area contributed by atoms with Gasteiger partial charge >= 0.3 is 0 Å². The molecule has 1 N–H and O–H groups in total. The van der Waals surface area contributed by atoms with E-state index in [9.17, 15) is 4.79 Å². The summed E-state index contributed by atoms with van der Waals surface area (Å²) in [7, 11) is 0. The summed E-state index contributed by atoms with van der Waals surface area (Å²) in [5.41, 5.74) is 1.29. The molecule has 94 valence electrons. The molecule has 0 unspecified atom stereocenters. The molecule has 1 aromatic rings. The third kappa shape index (κ3) is 3.01. The smallest absolute Gasteiger partial charge is 0.262 e. The van der Waals surface area contributed by atoms with Gasteiger partial charge in [-0.1, -0.05) is 6.42 Å². The molecular weight excluding hydrogens is 228 g/mol. The molecule has 1 amide bonds. The number of rotatable bonds is 3. The molecule has 0 saturated heterocycles. The number of hydrogen-bond donors (Lipinski definition) is 1. The fourth-order valence-electron chi connectivity index (χ4n) is 2.19. The summed E-state index contributed by atoms with van der Waals surface area (Å²) in [6.45, 7) is 0.324. The van der Waals surface area contributed by atoms with Gasteiger partial charge in [0, 0.05) is 0 Å². The molecule has 0 radical (unpaired) electrons. The monoisotopic (exact) mass is 244 g/mol. The van der Waals surface area contributed by atoms with Gasteiger partial charge in [-0.2, -0.15) is 5.26 Å². The van der Waals surface area contributed by atoms with Crippen molar-refractivity contribution in [1.82, 2.24) is 5.32 Å². The maximum absolute atomic E-state index is 11.9. The number of nitrogens with zero attached hydrogens (tertiary/aromatic N) is 1. The van der Waals surface area contributed by atoms with Crippen molar-refractivity contribution in [1.29, 1.82) is 5.26 Å². The van der Waals surface area contributed by atoms with Gasteiger partial charge in [0.25, 0.3) is 5.91 Å². The molecular formula is C14H16N2O2. The van der Waals surface area contributed by atoms with Gasteiger partial charge in [-0.15, -0.1) is 0 Å². The molecule has 1 saturated carbocycles. The van der Waals surface area contributed by atoms with Crippen molar-refractivity contribution in [2.24, 2.45) is 0 Å². The second-order valence-corrected chi connectivity index (χ2v) is 4.41. The molecule has 4 heteroatoms. The van der Waals surface area contributed by atoms with Crippen molar-refractivity contribution < 1.29 is 9.21 Å². The molecule has 1 fully saturated rings. The Kier molecular flexibility index (Phi) is 4.19. The number of furan rings is 1. The average Bonchev–Trinajstić information content (AvgIpc) is 2.92. The standard InChI is InChI=1S/C14H16N2O2/c15-9-13(11-5-2-1-3-6-11)14(17)16-10-12-7-4-8-18-12/h4,7-8H,1-3,5-6,10H2,(H,16,17). The summed E-state index contributed by atoms with van der Waals surface area (Å²) in [6, 6.07) is 5.60. The van der Waals surface area contributed by atoms with Crippen LogP contribution < -0.4 is 5.32 Å². The van der Waals surface area contributed by atoms with Crippen molar-refractivity contribution in [3.05, 3.63) is 35.3 Å². The molecule has 0 bridgehead atoms. The van der Waals surface area contributed by atoms with E-state index in [0.717, 1.165) is 31.3 Å². The Morgan fingerprint density at radius 3 is 2.78 bits per heavy atom. The zero-order valence-electron chi connectivity index (χ0n) is 10.2. The van der Waals surface area contributed by atoms with Crippen LogP contribution in [0.1, 0.15) is 37.9 Å². The highest BCUT2D eigenvalue weighted by Crippen LogP contribution is 2.25. The van der Waals surface area contributed by atoms with Crippen LogP contribution in [-0.4, -0.2) is 5.91 Å². The normalized spacial score (nSPS) is 14.9. The summed E-state index contributed by atoms with van der Waals surface area (Å²) in [4.78, 5) is 11.9. The molecule has 0 aromatic carbocycles.